The highest BCUT2D eigenvalue weighted by Crippen LogP contribution is 2.29. The Kier molecular flexibility index (Phi) is 6.31. The van der Waals surface area contributed by atoms with E-state index >= 15 is 0 Å². The molecule has 4 nitrogen and oxygen atoms in total. The number of amides is 2. The number of benzene rings is 2. The van der Waals surface area contributed by atoms with E-state index in [0.717, 1.165) is 27.9 Å². The Hall–Kier alpha value is -2.35. The summed E-state index contributed by atoms with van der Waals surface area (Å²) in [5.41, 5.74) is 1.16. The molecule has 0 aliphatic carbocycles. The van der Waals surface area contributed by atoms with Crippen LogP contribution >= 0.6 is 15.9 Å². The van der Waals surface area contributed by atoms with Crippen LogP contribution < -0.4 is 5.32 Å². The average molecular weight is 469 g/mol. The Bertz CT molecular complexity index is 905. The topological polar surface area (TPSA) is 49.4 Å². The average Bonchev–Trinajstić information content (AvgIpc) is 2.70. The van der Waals surface area contributed by atoms with E-state index in [2.05, 4.69) is 21.2 Å². The van der Waals surface area contributed by atoms with E-state index in [1.165, 1.54) is 12.1 Å². The maximum Gasteiger partial charge on any atom is 0.416 e. The van der Waals surface area contributed by atoms with E-state index in [-0.39, 0.29) is 23.3 Å². The predicted molar refractivity (Wildman–Crippen MR) is 108 cm³/mol. The van der Waals surface area contributed by atoms with Gasteiger partial charge in [-0.15, -0.1) is 0 Å². The molecule has 0 bridgehead atoms. The van der Waals surface area contributed by atoms with Crippen molar-refractivity contribution < 1.29 is 22.8 Å². The molecule has 1 saturated heterocycles. The number of carbonyl (C=O) groups excluding carboxylic acids is 2. The molecule has 0 saturated carbocycles. The lowest BCUT2D eigenvalue weighted by atomic mass is 9.95. The highest BCUT2D eigenvalue weighted by Gasteiger charge is 2.31. The number of nitrogens with zero attached hydrogens (tertiary/aromatic N) is 1. The quantitative estimate of drug-likeness (QED) is 0.667. The molecule has 1 N–H and O–H groups in total. The molecule has 0 aromatic heterocycles. The number of carbonyl (C=O) groups is 2. The molecule has 1 aliphatic rings. The van der Waals surface area contributed by atoms with Crippen LogP contribution in [0.25, 0.3) is 0 Å². The SMILES string of the molecule is Cc1cc(NC(=O)C2CCN(C(=O)c3ccc(C(F)(F)F)cc3)CC2)ccc1Br. The fourth-order valence-electron chi connectivity index (χ4n) is 3.30. The van der Waals surface area contributed by atoms with E-state index in [1.807, 2.05) is 25.1 Å². The van der Waals surface area contributed by atoms with Gasteiger partial charge in [0, 0.05) is 34.7 Å². The molecular formula is C21H20BrF3N2O2. The molecule has 0 atom stereocenters. The second kappa shape index (κ2) is 8.57. The lowest BCUT2D eigenvalue weighted by Gasteiger charge is -2.31. The molecule has 2 aromatic rings. The summed E-state index contributed by atoms with van der Waals surface area (Å²) in [7, 11) is 0. The maximum atomic E-state index is 12.7. The standard InChI is InChI=1S/C21H20BrF3N2O2/c1-13-12-17(6-7-18(13)22)26-19(28)14-8-10-27(11-9-14)20(29)15-2-4-16(5-3-15)21(23,24)25/h2-7,12,14H,8-11H2,1H3,(H,26,28). The molecule has 2 amide bonds. The van der Waals surface area contributed by atoms with Gasteiger partial charge in [0.25, 0.3) is 5.91 Å². The minimum atomic E-state index is -4.43. The summed E-state index contributed by atoms with van der Waals surface area (Å²) in [6.07, 6.45) is -3.41. The van der Waals surface area contributed by atoms with Crippen LogP contribution in [0.15, 0.2) is 46.9 Å². The van der Waals surface area contributed by atoms with Crippen LogP contribution in [-0.4, -0.2) is 29.8 Å². The molecule has 0 spiro atoms. The van der Waals surface area contributed by atoms with E-state index < -0.39 is 11.7 Å². The molecule has 1 aliphatic heterocycles. The van der Waals surface area contributed by atoms with Crippen molar-refractivity contribution >= 4 is 33.4 Å². The fourth-order valence-corrected chi connectivity index (χ4v) is 3.54. The van der Waals surface area contributed by atoms with Gasteiger partial charge in [-0.3, -0.25) is 9.59 Å². The first-order valence-electron chi connectivity index (χ1n) is 9.18. The number of anilines is 1. The summed E-state index contributed by atoms with van der Waals surface area (Å²) in [5.74, 6) is -0.620. The summed E-state index contributed by atoms with van der Waals surface area (Å²) in [5, 5.41) is 2.91. The Morgan fingerprint density at radius 1 is 1.07 bits per heavy atom. The third-order valence-corrected chi connectivity index (χ3v) is 5.93. The largest absolute Gasteiger partial charge is 0.416 e. The number of likely N-dealkylation sites (tertiary alicyclic amines) is 1. The van der Waals surface area contributed by atoms with Crippen molar-refractivity contribution in [1.82, 2.24) is 4.90 Å². The van der Waals surface area contributed by atoms with Gasteiger partial charge in [-0.25, -0.2) is 0 Å². The molecule has 3 rings (SSSR count). The number of nitrogens with one attached hydrogen (secondary N) is 1. The molecule has 154 valence electrons. The lowest BCUT2D eigenvalue weighted by molar-refractivity contribution is -0.137. The van der Waals surface area contributed by atoms with E-state index in [1.54, 1.807) is 4.90 Å². The van der Waals surface area contributed by atoms with Gasteiger partial charge in [0.15, 0.2) is 0 Å². The molecule has 0 radical (unpaired) electrons. The first kappa shape index (κ1) is 21.4. The van der Waals surface area contributed by atoms with Gasteiger partial charge in [0.1, 0.15) is 0 Å². The van der Waals surface area contributed by atoms with Crippen LogP contribution in [0.1, 0.15) is 34.3 Å². The number of hydrogen-bond acceptors (Lipinski definition) is 2. The van der Waals surface area contributed by atoms with Gasteiger partial charge < -0.3 is 10.2 Å². The Morgan fingerprint density at radius 3 is 2.24 bits per heavy atom. The lowest BCUT2D eigenvalue weighted by Crippen LogP contribution is -2.41. The highest BCUT2D eigenvalue weighted by molar-refractivity contribution is 9.10. The van der Waals surface area contributed by atoms with Gasteiger partial charge >= 0.3 is 6.18 Å². The van der Waals surface area contributed by atoms with E-state index in [0.29, 0.717) is 25.9 Å². The normalized spacial score (nSPS) is 15.3. The Balaban J connectivity index is 1.56. The fraction of sp³-hybridized carbons (Fsp3) is 0.333. The van der Waals surface area contributed by atoms with Crippen LogP contribution in [-0.2, 0) is 11.0 Å². The first-order valence-corrected chi connectivity index (χ1v) is 9.98. The van der Waals surface area contributed by atoms with Gasteiger partial charge in [0.05, 0.1) is 5.56 Å². The minimum absolute atomic E-state index is 0.0895. The van der Waals surface area contributed by atoms with Crippen molar-refractivity contribution in [3.63, 3.8) is 0 Å². The zero-order valence-electron chi connectivity index (χ0n) is 15.7. The molecule has 1 heterocycles. The molecule has 0 unspecified atom stereocenters. The smallest absolute Gasteiger partial charge is 0.339 e. The summed E-state index contributed by atoms with van der Waals surface area (Å²) >= 11 is 3.42. The summed E-state index contributed by atoms with van der Waals surface area (Å²) in [4.78, 5) is 26.6. The molecule has 2 aromatic carbocycles. The first-order chi connectivity index (χ1) is 13.6. The zero-order valence-corrected chi connectivity index (χ0v) is 17.3. The van der Waals surface area contributed by atoms with Crippen LogP contribution in [0.5, 0.6) is 0 Å². The van der Waals surface area contributed by atoms with Crippen molar-refractivity contribution in [2.75, 3.05) is 18.4 Å². The maximum absolute atomic E-state index is 12.7. The zero-order chi connectivity index (χ0) is 21.2. The van der Waals surface area contributed by atoms with Crippen molar-refractivity contribution in [1.29, 1.82) is 0 Å². The second-order valence-electron chi connectivity index (χ2n) is 7.09. The van der Waals surface area contributed by atoms with Crippen molar-refractivity contribution in [2.24, 2.45) is 5.92 Å². The molecular weight excluding hydrogens is 449 g/mol. The van der Waals surface area contributed by atoms with Crippen LogP contribution in [0.4, 0.5) is 18.9 Å². The number of alkyl halides is 3. The summed E-state index contributed by atoms with van der Waals surface area (Å²) in [6.45, 7) is 2.71. The highest BCUT2D eigenvalue weighted by atomic mass is 79.9. The predicted octanol–water partition coefficient (Wildman–Crippen LogP) is 5.27. The van der Waals surface area contributed by atoms with Gasteiger partial charge in [-0.2, -0.15) is 13.2 Å². The summed E-state index contributed by atoms with van der Waals surface area (Å²) < 4.78 is 38.9. The van der Waals surface area contributed by atoms with E-state index in [4.69, 9.17) is 0 Å². The van der Waals surface area contributed by atoms with Gasteiger partial charge in [0.2, 0.25) is 5.91 Å². The number of aryl methyl sites for hydroxylation is 1. The van der Waals surface area contributed by atoms with Crippen LogP contribution in [0.2, 0.25) is 0 Å². The Labute approximate surface area is 175 Å². The van der Waals surface area contributed by atoms with E-state index in [9.17, 15) is 22.8 Å². The minimum Gasteiger partial charge on any atom is -0.339 e. The second-order valence-corrected chi connectivity index (χ2v) is 7.95. The van der Waals surface area contributed by atoms with Crippen molar-refractivity contribution in [3.05, 3.63) is 63.6 Å². The molecule has 29 heavy (non-hydrogen) atoms. The number of piperidine rings is 1. The van der Waals surface area contributed by atoms with Crippen LogP contribution in [0.3, 0.4) is 0 Å². The summed E-state index contributed by atoms with van der Waals surface area (Å²) in [6, 6.07) is 9.78. The monoisotopic (exact) mass is 468 g/mol. The number of halogens is 4. The third-order valence-electron chi connectivity index (χ3n) is 5.04. The van der Waals surface area contributed by atoms with Crippen LogP contribution in [0, 0.1) is 12.8 Å². The molecule has 1 fully saturated rings. The Morgan fingerprint density at radius 2 is 1.69 bits per heavy atom. The number of hydrogen-bond donors (Lipinski definition) is 1. The van der Waals surface area contributed by atoms with Crippen molar-refractivity contribution in [2.45, 2.75) is 25.9 Å². The van der Waals surface area contributed by atoms with Crippen molar-refractivity contribution in [3.8, 4) is 0 Å². The molecule has 8 heteroatoms. The van der Waals surface area contributed by atoms with Gasteiger partial charge in [-0.05, 0) is 67.8 Å². The number of rotatable bonds is 3. The van der Waals surface area contributed by atoms with Gasteiger partial charge in [-0.1, -0.05) is 15.9 Å². The third kappa shape index (κ3) is 5.18.